The summed E-state index contributed by atoms with van der Waals surface area (Å²) in [5.41, 5.74) is 1.36. The van der Waals surface area contributed by atoms with Gasteiger partial charge in [-0.25, -0.2) is 4.90 Å². The third-order valence-electron chi connectivity index (χ3n) is 5.10. The molecule has 2 atom stereocenters. The van der Waals surface area contributed by atoms with Crippen molar-refractivity contribution in [1.82, 2.24) is 4.90 Å². The lowest BCUT2D eigenvalue weighted by atomic mass is 10.1. The highest BCUT2D eigenvalue weighted by molar-refractivity contribution is 6.30. The van der Waals surface area contributed by atoms with Crippen molar-refractivity contribution in [2.24, 2.45) is 0 Å². The van der Waals surface area contributed by atoms with Gasteiger partial charge < -0.3 is 4.90 Å². The van der Waals surface area contributed by atoms with Gasteiger partial charge in [0.2, 0.25) is 11.8 Å². The molecule has 146 valence electrons. The van der Waals surface area contributed by atoms with Crippen molar-refractivity contribution in [3.63, 3.8) is 0 Å². The Morgan fingerprint density at radius 1 is 1.14 bits per heavy atom. The monoisotopic (exact) mass is 398 g/mol. The fraction of sp³-hybridized carbons (Fsp3) is 0.318. The van der Waals surface area contributed by atoms with Crippen LogP contribution in [0, 0.1) is 0 Å². The molecule has 0 spiro atoms. The maximum atomic E-state index is 13.1. The standard InChI is InChI=1S/C22H23ClN2O3/c1-3-15(2)24(20(26)13-16-9-11-17(23)12-10-16)19-14-21(27)25(22(19)28)18-7-5-4-6-8-18/h4-12,15,19H,3,13-14H2,1-2H3. The zero-order valence-electron chi connectivity index (χ0n) is 16.0. The van der Waals surface area contributed by atoms with Crippen molar-refractivity contribution in [2.75, 3.05) is 4.90 Å². The summed E-state index contributed by atoms with van der Waals surface area (Å²) in [6.07, 6.45) is 0.852. The number of imide groups is 1. The highest BCUT2D eigenvalue weighted by atomic mass is 35.5. The molecular formula is C22H23ClN2O3. The van der Waals surface area contributed by atoms with Crippen LogP contribution in [0.15, 0.2) is 54.6 Å². The van der Waals surface area contributed by atoms with Gasteiger partial charge >= 0.3 is 0 Å². The van der Waals surface area contributed by atoms with E-state index in [0.717, 1.165) is 5.56 Å². The fourth-order valence-corrected chi connectivity index (χ4v) is 3.60. The highest BCUT2D eigenvalue weighted by Gasteiger charge is 2.45. The van der Waals surface area contributed by atoms with Crippen molar-refractivity contribution in [3.05, 3.63) is 65.2 Å². The molecule has 0 bridgehead atoms. The molecule has 2 aromatic rings. The molecule has 1 fully saturated rings. The first kappa shape index (κ1) is 20.1. The summed E-state index contributed by atoms with van der Waals surface area (Å²) in [6, 6.07) is 15.0. The summed E-state index contributed by atoms with van der Waals surface area (Å²) in [5.74, 6) is -0.799. The van der Waals surface area contributed by atoms with Crippen molar-refractivity contribution in [2.45, 2.75) is 45.2 Å². The van der Waals surface area contributed by atoms with E-state index in [-0.39, 0.29) is 36.6 Å². The summed E-state index contributed by atoms with van der Waals surface area (Å²) in [4.78, 5) is 41.5. The number of para-hydroxylation sites is 1. The molecule has 1 aliphatic heterocycles. The van der Waals surface area contributed by atoms with E-state index in [2.05, 4.69) is 0 Å². The van der Waals surface area contributed by atoms with Gasteiger partial charge in [0.15, 0.2) is 0 Å². The van der Waals surface area contributed by atoms with E-state index < -0.39 is 6.04 Å². The molecule has 1 heterocycles. The third kappa shape index (κ3) is 4.09. The molecule has 2 aromatic carbocycles. The lowest BCUT2D eigenvalue weighted by molar-refractivity contribution is -0.140. The quantitative estimate of drug-likeness (QED) is 0.694. The van der Waals surface area contributed by atoms with Crippen LogP contribution in [0.5, 0.6) is 0 Å². The number of carbonyl (C=O) groups excluding carboxylic acids is 3. The molecule has 0 saturated carbocycles. The lowest BCUT2D eigenvalue weighted by Crippen LogP contribution is -2.50. The lowest BCUT2D eigenvalue weighted by Gasteiger charge is -2.33. The maximum absolute atomic E-state index is 13.1. The Labute approximate surface area is 169 Å². The molecule has 1 aliphatic rings. The van der Waals surface area contributed by atoms with Crippen LogP contribution in [-0.4, -0.2) is 34.7 Å². The number of rotatable bonds is 6. The average molecular weight is 399 g/mol. The fourth-order valence-electron chi connectivity index (χ4n) is 3.47. The van der Waals surface area contributed by atoms with Gasteiger partial charge in [0.05, 0.1) is 18.5 Å². The van der Waals surface area contributed by atoms with Gasteiger partial charge in [-0.05, 0) is 43.2 Å². The summed E-state index contributed by atoms with van der Waals surface area (Å²) in [6.45, 7) is 3.87. The van der Waals surface area contributed by atoms with E-state index in [4.69, 9.17) is 11.6 Å². The number of hydrogen-bond donors (Lipinski definition) is 0. The van der Waals surface area contributed by atoms with Crippen molar-refractivity contribution in [3.8, 4) is 0 Å². The minimum Gasteiger partial charge on any atom is -0.327 e. The first-order chi connectivity index (χ1) is 13.4. The molecule has 28 heavy (non-hydrogen) atoms. The number of halogens is 1. The van der Waals surface area contributed by atoms with Crippen LogP contribution in [0.4, 0.5) is 5.69 Å². The Morgan fingerprint density at radius 2 is 1.79 bits per heavy atom. The van der Waals surface area contributed by atoms with E-state index in [1.807, 2.05) is 19.9 Å². The maximum Gasteiger partial charge on any atom is 0.257 e. The van der Waals surface area contributed by atoms with Crippen molar-refractivity contribution >= 4 is 35.0 Å². The largest absolute Gasteiger partial charge is 0.327 e. The van der Waals surface area contributed by atoms with Crippen LogP contribution in [0.1, 0.15) is 32.3 Å². The topological polar surface area (TPSA) is 57.7 Å². The third-order valence-corrected chi connectivity index (χ3v) is 5.35. The van der Waals surface area contributed by atoms with Gasteiger partial charge in [-0.3, -0.25) is 14.4 Å². The van der Waals surface area contributed by atoms with Crippen molar-refractivity contribution in [1.29, 1.82) is 0 Å². The SMILES string of the molecule is CCC(C)N(C(=O)Cc1ccc(Cl)cc1)C1CC(=O)N(c2ccccc2)C1=O. The second-order valence-corrected chi connectivity index (χ2v) is 7.42. The van der Waals surface area contributed by atoms with E-state index in [1.165, 1.54) is 4.90 Å². The Bertz CT molecular complexity index is 867. The number of benzene rings is 2. The predicted octanol–water partition coefficient (Wildman–Crippen LogP) is 3.84. The molecular weight excluding hydrogens is 376 g/mol. The summed E-state index contributed by atoms with van der Waals surface area (Å²) < 4.78 is 0. The Morgan fingerprint density at radius 3 is 2.39 bits per heavy atom. The van der Waals surface area contributed by atoms with Crippen LogP contribution in [0.25, 0.3) is 0 Å². The molecule has 0 aromatic heterocycles. The smallest absolute Gasteiger partial charge is 0.257 e. The molecule has 1 saturated heterocycles. The molecule has 3 rings (SSSR count). The number of carbonyl (C=O) groups is 3. The van der Waals surface area contributed by atoms with Crippen LogP contribution in [0.2, 0.25) is 5.02 Å². The predicted molar refractivity (Wildman–Crippen MR) is 109 cm³/mol. The van der Waals surface area contributed by atoms with Gasteiger partial charge in [0, 0.05) is 11.1 Å². The number of nitrogens with zero attached hydrogens (tertiary/aromatic N) is 2. The first-order valence-electron chi connectivity index (χ1n) is 9.39. The molecule has 0 N–H and O–H groups in total. The normalized spacial score (nSPS) is 17.7. The van der Waals surface area contributed by atoms with Crippen LogP contribution in [-0.2, 0) is 20.8 Å². The molecule has 0 radical (unpaired) electrons. The zero-order chi connectivity index (χ0) is 20.3. The van der Waals surface area contributed by atoms with Crippen molar-refractivity contribution < 1.29 is 14.4 Å². The minimum absolute atomic E-state index is 0.00439. The van der Waals surface area contributed by atoms with Gasteiger partial charge in [0.1, 0.15) is 6.04 Å². The highest BCUT2D eigenvalue weighted by Crippen LogP contribution is 2.27. The average Bonchev–Trinajstić information content (AvgIpc) is 2.98. The summed E-state index contributed by atoms with van der Waals surface area (Å²) in [5, 5.41) is 0.602. The number of hydrogen-bond acceptors (Lipinski definition) is 3. The Kier molecular flexibility index (Phi) is 6.15. The Balaban J connectivity index is 1.85. The van der Waals surface area contributed by atoms with E-state index >= 15 is 0 Å². The first-order valence-corrected chi connectivity index (χ1v) is 9.77. The Hall–Kier alpha value is -2.66. The molecule has 6 heteroatoms. The molecule has 2 unspecified atom stereocenters. The van der Waals surface area contributed by atoms with E-state index in [0.29, 0.717) is 17.1 Å². The molecule has 0 aliphatic carbocycles. The number of anilines is 1. The second kappa shape index (κ2) is 8.57. The number of amides is 3. The minimum atomic E-state index is -0.776. The summed E-state index contributed by atoms with van der Waals surface area (Å²) >= 11 is 5.91. The van der Waals surface area contributed by atoms with Crippen LogP contribution < -0.4 is 4.90 Å². The van der Waals surface area contributed by atoms with Crippen LogP contribution >= 0.6 is 11.6 Å². The van der Waals surface area contributed by atoms with E-state index in [9.17, 15) is 14.4 Å². The zero-order valence-corrected chi connectivity index (χ0v) is 16.7. The summed E-state index contributed by atoms with van der Waals surface area (Å²) in [7, 11) is 0. The molecule has 3 amide bonds. The van der Waals surface area contributed by atoms with Crippen LogP contribution in [0.3, 0.4) is 0 Å². The van der Waals surface area contributed by atoms with Gasteiger partial charge in [-0.2, -0.15) is 0 Å². The van der Waals surface area contributed by atoms with E-state index in [1.54, 1.807) is 53.4 Å². The van der Waals surface area contributed by atoms with Gasteiger partial charge in [0.25, 0.3) is 5.91 Å². The van der Waals surface area contributed by atoms with Gasteiger partial charge in [-0.1, -0.05) is 48.9 Å². The second-order valence-electron chi connectivity index (χ2n) is 6.98. The van der Waals surface area contributed by atoms with Gasteiger partial charge in [-0.15, -0.1) is 0 Å². The molecule has 5 nitrogen and oxygen atoms in total.